The number of hydrogen-bond donors (Lipinski definition) is 2. The molecule has 0 aromatic carbocycles. The molecule has 0 aliphatic carbocycles. The molecule has 58 valence electrons. The van der Waals surface area contributed by atoms with E-state index in [0.29, 0.717) is 0 Å². The summed E-state index contributed by atoms with van der Waals surface area (Å²) in [4.78, 5) is 19.9. The van der Waals surface area contributed by atoms with Crippen LogP contribution in [0.1, 0.15) is 13.3 Å². The van der Waals surface area contributed by atoms with Crippen molar-refractivity contribution < 1.29 is 24.5 Å². The maximum atomic E-state index is 10.1. The minimum atomic E-state index is -1.56. The molecule has 0 spiro atoms. The molecule has 10 heavy (non-hydrogen) atoms. The fourth-order valence-electron chi connectivity index (χ4n) is 0.430. The SMILES string of the molecule is CCC(OC(=O)O)C(=O)O. The standard InChI is InChI=1S/C5H8O5/c1-2-3(4(6)7)10-5(8)9/h3H,2H2,1H3,(H,6,7)(H,8,9). The molecule has 0 aliphatic heterocycles. The van der Waals surface area contributed by atoms with Gasteiger partial charge in [0.05, 0.1) is 0 Å². The van der Waals surface area contributed by atoms with Gasteiger partial charge in [-0.1, -0.05) is 6.92 Å². The molecule has 0 rings (SSSR count). The van der Waals surface area contributed by atoms with Gasteiger partial charge in [-0.2, -0.15) is 0 Å². The first kappa shape index (κ1) is 8.74. The lowest BCUT2D eigenvalue weighted by molar-refractivity contribution is -0.147. The van der Waals surface area contributed by atoms with Crippen molar-refractivity contribution >= 4 is 12.1 Å². The van der Waals surface area contributed by atoms with E-state index in [9.17, 15) is 9.59 Å². The second-order valence-electron chi connectivity index (χ2n) is 1.62. The van der Waals surface area contributed by atoms with Crippen LogP contribution in [0.15, 0.2) is 0 Å². The predicted octanol–water partition coefficient (Wildman–Crippen LogP) is 0.544. The van der Waals surface area contributed by atoms with Crippen LogP contribution in [0.2, 0.25) is 0 Å². The Morgan fingerprint density at radius 2 is 2.00 bits per heavy atom. The van der Waals surface area contributed by atoms with Crippen LogP contribution >= 0.6 is 0 Å². The Bertz CT molecular complexity index is 141. The highest BCUT2D eigenvalue weighted by Crippen LogP contribution is 1.97. The summed E-state index contributed by atoms with van der Waals surface area (Å²) in [5.41, 5.74) is 0. The summed E-state index contributed by atoms with van der Waals surface area (Å²) >= 11 is 0. The van der Waals surface area contributed by atoms with Crippen LogP contribution in [-0.2, 0) is 9.53 Å². The molecule has 5 nitrogen and oxygen atoms in total. The van der Waals surface area contributed by atoms with Gasteiger partial charge in [0.25, 0.3) is 0 Å². The summed E-state index contributed by atoms with van der Waals surface area (Å²) in [7, 11) is 0. The van der Waals surface area contributed by atoms with Crippen molar-refractivity contribution in [2.24, 2.45) is 0 Å². The fraction of sp³-hybridized carbons (Fsp3) is 0.600. The van der Waals surface area contributed by atoms with Crippen LogP contribution in [-0.4, -0.2) is 28.4 Å². The number of hydrogen-bond acceptors (Lipinski definition) is 3. The quantitative estimate of drug-likeness (QED) is 0.571. The lowest BCUT2D eigenvalue weighted by Gasteiger charge is -2.06. The molecule has 0 radical (unpaired) electrons. The minimum Gasteiger partial charge on any atom is -0.479 e. The van der Waals surface area contributed by atoms with Crippen molar-refractivity contribution in [2.45, 2.75) is 19.4 Å². The third-order valence-electron chi connectivity index (χ3n) is 0.889. The number of aliphatic carboxylic acids is 1. The van der Waals surface area contributed by atoms with Gasteiger partial charge in [0, 0.05) is 0 Å². The van der Waals surface area contributed by atoms with Crippen LogP contribution in [0.25, 0.3) is 0 Å². The second kappa shape index (κ2) is 3.71. The van der Waals surface area contributed by atoms with Crippen LogP contribution in [0, 0.1) is 0 Å². The fourth-order valence-corrected chi connectivity index (χ4v) is 0.430. The van der Waals surface area contributed by atoms with E-state index in [0.717, 1.165) is 0 Å². The number of carboxylic acids is 1. The zero-order valence-corrected chi connectivity index (χ0v) is 5.40. The van der Waals surface area contributed by atoms with Crippen molar-refractivity contribution in [3.8, 4) is 0 Å². The minimum absolute atomic E-state index is 0.141. The molecule has 1 unspecified atom stereocenters. The Balaban J connectivity index is 3.83. The molecule has 5 heteroatoms. The van der Waals surface area contributed by atoms with E-state index >= 15 is 0 Å². The molecule has 0 amide bonds. The van der Waals surface area contributed by atoms with Gasteiger partial charge in [-0.25, -0.2) is 9.59 Å². The molecule has 0 saturated heterocycles. The van der Waals surface area contributed by atoms with Crippen molar-refractivity contribution in [1.29, 1.82) is 0 Å². The largest absolute Gasteiger partial charge is 0.506 e. The first-order valence-electron chi connectivity index (χ1n) is 2.70. The van der Waals surface area contributed by atoms with Crippen LogP contribution in [0.3, 0.4) is 0 Å². The van der Waals surface area contributed by atoms with Gasteiger partial charge in [-0.05, 0) is 6.42 Å². The lowest BCUT2D eigenvalue weighted by atomic mass is 10.3. The van der Waals surface area contributed by atoms with Crippen molar-refractivity contribution in [3.63, 3.8) is 0 Å². The summed E-state index contributed by atoms with van der Waals surface area (Å²) < 4.78 is 3.98. The van der Waals surface area contributed by atoms with Crippen LogP contribution < -0.4 is 0 Å². The van der Waals surface area contributed by atoms with E-state index in [-0.39, 0.29) is 6.42 Å². The van der Waals surface area contributed by atoms with Gasteiger partial charge < -0.3 is 14.9 Å². The van der Waals surface area contributed by atoms with E-state index in [1.807, 2.05) is 0 Å². The van der Waals surface area contributed by atoms with E-state index in [1.54, 1.807) is 0 Å². The summed E-state index contributed by atoms with van der Waals surface area (Å²) in [5, 5.41) is 16.2. The summed E-state index contributed by atoms with van der Waals surface area (Å²) in [6, 6.07) is 0. The maximum Gasteiger partial charge on any atom is 0.506 e. The van der Waals surface area contributed by atoms with E-state index in [4.69, 9.17) is 10.2 Å². The Labute approximate surface area is 57.2 Å². The second-order valence-corrected chi connectivity index (χ2v) is 1.62. The van der Waals surface area contributed by atoms with E-state index < -0.39 is 18.2 Å². The Morgan fingerprint density at radius 3 is 2.10 bits per heavy atom. The molecular weight excluding hydrogens is 140 g/mol. The Morgan fingerprint density at radius 1 is 1.50 bits per heavy atom. The molecule has 1 atom stereocenters. The summed E-state index contributed by atoms with van der Waals surface area (Å²) in [6.07, 6.45) is -2.66. The van der Waals surface area contributed by atoms with Gasteiger partial charge in [-0.3, -0.25) is 0 Å². The highest BCUT2D eigenvalue weighted by atomic mass is 16.7. The topological polar surface area (TPSA) is 83.8 Å². The molecule has 0 saturated carbocycles. The predicted molar refractivity (Wildman–Crippen MR) is 30.8 cm³/mol. The lowest BCUT2D eigenvalue weighted by Crippen LogP contribution is -2.25. The van der Waals surface area contributed by atoms with E-state index in [1.165, 1.54) is 6.92 Å². The number of rotatable bonds is 3. The first-order chi connectivity index (χ1) is 4.57. The van der Waals surface area contributed by atoms with Crippen LogP contribution in [0.4, 0.5) is 4.79 Å². The number of ether oxygens (including phenoxy) is 1. The number of carboxylic acid groups (broad SMARTS) is 2. The van der Waals surface area contributed by atoms with Gasteiger partial charge in [-0.15, -0.1) is 0 Å². The highest BCUT2D eigenvalue weighted by molar-refractivity contribution is 5.74. The number of carbonyl (C=O) groups is 2. The summed E-state index contributed by atoms with van der Waals surface area (Å²) in [5.74, 6) is -1.26. The van der Waals surface area contributed by atoms with Gasteiger partial charge in [0.1, 0.15) is 0 Å². The third kappa shape index (κ3) is 2.91. The first-order valence-corrected chi connectivity index (χ1v) is 2.70. The van der Waals surface area contributed by atoms with Gasteiger partial charge in [0.15, 0.2) is 0 Å². The zero-order valence-electron chi connectivity index (χ0n) is 5.40. The van der Waals surface area contributed by atoms with Crippen LogP contribution in [0.5, 0.6) is 0 Å². The average molecular weight is 148 g/mol. The monoisotopic (exact) mass is 148 g/mol. The van der Waals surface area contributed by atoms with Crippen molar-refractivity contribution in [3.05, 3.63) is 0 Å². The van der Waals surface area contributed by atoms with Crippen molar-refractivity contribution in [1.82, 2.24) is 0 Å². The Hall–Kier alpha value is -1.26. The smallest absolute Gasteiger partial charge is 0.479 e. The van der Waals surface area contributed by atoms with Gasteiger partial charge >= 0.3 is 12.1 Å². The molecular formula is C5H8O5. The molecule has 0 heterocycles. The molecule has 0 fully saturated rings. The molecule has 0 aliphatic rings. The Kier molecular flexibility index (Phi) is 3.24. The molecule has 2 N–H and O–H groups in total. The normalized spacial score (nSPS) is 12.1. The zero-order chi connectivity index (χ0) is 8.15. The summed E-state index contributed by atoms with van der Waals surface area (Å²) in [6.45, 7) is 1.53. The van der Waals surface area contributed by atoms with Crippen molar-refractivity contribution in [2.75, 3.05) is 0 Å². The highest BCUT2D eigenvalue weighted by Gasteiger charge is 2.18. The molecule has 0 bridgehead atoms. The average Bonchev–Trinajstić information content (AvgIpc) is 1.81. The van der Waals surface area contributed by atoms with Gasteiger partial charge in [0.2, 0.25) is 6.10 Å². The third-order valence-corrected chi connectivity index (χ3v) is 0.889. The molecule has 0 aromatic heterocycles. The maximum absolute atomic E-state index is 10.1. The van der Waals surface area contributed by atoms with E-state index in [2.05, 4.69) is 4.74 Å². The molecule has 0 aromatic rings.